The molecule has 0 bridgehead atoms. The number of hydrogen-bond acceptors (Lipinski definition) is 2. The number of unbranched alkanes of at least 4 members (excludes halogenated alkanes) is 1. The summed E-state index contributed by atoms with van der Waals surface area (Å²) in [4.78, 5) is 0. The van der Waals surface area contributed by atoms with Crippen LogP contribution in [0.15, 0.2) is 0 Å². The first-order valence-electron chi connectivity index (χ1n) is 3.99. The molecule has 0 heterocycles. The molecule has 0 aliphatic rings. The zero-order valence-corrected chi connectivity index (χ0v) is 8.86. The molecule has 10 heavy (non-hydrogen) atoms. The average Bonchev–Trinajstić information content (AvgIpc) is 1.98. The number of thioether (sulfide) groups is 2. The Labute approximate surface area is 73.5 Å². The highest BCUT2D eigenvalue weighted by molar-refractivity contribution is 8.16. The van der Waals surface area contributed by atoms with Gasteiger partial charge in [0.05, 0.1) is 0 Å². The first kappa shape index (κ1) is 10.7. The summed E-state index contributed by atoms with van der Waals surface area (Å²) in [6, 6.07) is 0. The Balaban J connectivity index is 3.21. The van der Waals surface area contributed by atoms with E-state index in [9.17, 15) is 0 Å². The van der Waals surface area contributed by atoms with E-state index < -0.39 is 0 Å². The van der Waals surface area contributed by atoms with Gasteiger partial charge >= 0.3 is 0 Å². The van der Waals surface area contributed by atoms with Crippen molar-refractivity contribution < 1.29 is 0 Å². The Kier molecular flexibility index (Phi) is 8.35. The van der Waals surface area contributed by atoms with Gasteiger partial charge in [-0.2, -0.15) is 11.8 Å². The molecule has 0 rings (SSSR count). The lowest BCUT2D eigenvalue weighted by atomic mass is 10.3. The monoisotopic (exact) mass is 178 g/mol. The lowest BCUT2D eigenvalue weighted by Crippen LogP contribution is -1.95. The third kappa shape index (κ3) is 5.48. The fourth-order valence-electron chi connectivity index (χ4n) is 0.826. The van der Waals surface area contributed by atoms with Crippen molar-refractivity contribution in [1.82, 2.24) is 0 Å². The molecular weight excluding hydrogens is 160 g/mol. The standard InChI is InChI=1S/C8H18S2/c1-4-6-7-8(9-3)10-5-2/h8H,4-7H2,1-3H3. The van der Waals surface area contributed by atoms with E-state index in [1.807, 2.05) is 11.8 Å². The van der Waals surface area contributed by atoms with Gasteiger partial charge in [0.15, 0.2) is 0 Å². The minimum absolute atomic E-state index is 0.852. The summed E-state index contributed by atoms with van der Waals surface area (Å²) in [6.07, 6.45) is 6.32. The van der Waals surface area contributed by atoms with Crippen LogP contribution in [0.3, 0.4) is 0 Å². The summed E-state index contributed by atoms with van der Waals surface area (Å²) in [6.45, 7) is 4.49. The molecule has 0 saturated heterocycles. The van der Waals surface area contributed by atoms with Crippen LogP contribution in [0, 0.1) is 0 Å². The maximum Gasteiger partial charge on any atom is 0.0499 e. The molecule has 0 amide bonds. The van der Waals surface area contributed by atoms with Crippen LogP contribution in [0.2, 0.25) is 0 Å². The molecule has 0 aliphatic carbocycles. The molecule has 0 nitrogen and oxygen atoms in total. The van der Waals surface area contributed by atoms with Gasteiger partial charge in [-0.25, -0.2) is 0 Å². The third-order valence-corrected chi connectivity index (χ3v) is 4.10. The summed E-state index contributed by atoms with van der Waals surface area (Å²) in [7, 11) is 0. The molecule has 1 unspecified atom stereocenters. The number of hydrogen-bond donors (Lipinski definition) is 0. The van der Waals surface area contributed by atoms with Crippen molar-refractivity contribution in [3.05, 3.63) is 0 Å². The molecule has 0 N–H and O–H groups in total. The van der Waals surface area contributed by atoms with E-state index in [4.69, 9.17) is 0 Å². The molecule has 0 fully saturated rings. The van der Waals surface area contributed by atoms with E-state index in [0.29, 0.717) is 0 Å². The molecule has 0 aromatic rings. The van der Waals surface area contributed by atoms with Crippen LogP contribution in [-0.4, -0.2) is 16.6 Å². The largest absolute Gasteiger partial charge is 0.151 e. The molecule has 0 aromatic heterocycles. The molecule has 0 aromatic carbocycles. The summed E-state index contributed by atoms with van der Waals surface area (Å²) < 4.78 is 0.852. The van der Waals surface area contributed by atoms with Gasteiger partial charge in [-0.3, -0.25) is 0 Å². The van der Waals surface area contributed by atoms with Crippen LogP contribution in [0.25, 0.3) is 0 Å². The summed E-state index contributed by atoms with van der Waals surface area (Å²) in [5.41, 5.74) is 0. The van der Waals surface area contributed by atoms with Gasteiger partial charge < -0.3 is 0 Å². The Morgan fingerprint density at radius 3 is 2.40 bits per heavy atom. The van der Waals surface area contributed by atoms with Crippen molar-refractivity contribution in [3.63, 3.8) is 0 Å². The summed E-state index contributed by atoms with van der Waals surface area (Å²) in [5.74, 6) is 1.26. The zero-order chi connectivity index (χ0) is 7.82. The van der Waals surface area contributed by atoms with E-state index in [1.165, 1.54) is 25.0 Å². The van der Waals surface area contributed by atoms with Gasteiger partial charge in [0, 0.05) is 4.58 Å². The van der Waals surface area contributed by atoms with Crippen molar-refractivity contribution in [3.8, 4) is 0 Å². The van der Waals surface area contributed by atoms with E-state index in [2.05, 4.69) is 31.9 Å². The first-order chi connectivity index (χ1) is 4.85. The quantitative estimate of drug-likeness (QED) is 0.570. The normalized spacial score (nSPS) is 13.5. The second-order valence-electron chi connectivity index (χ2n) is 2.26. The fourth-order valence-corrected chi connectivity index (χ4v) is 2.89. The van der Waals surface area contributed by atoms with Crippen molar-refractivity contribution in [1.29, 1.82) is 0 Å². The van der Waals surface area contributed by atoms with E-state index in [-0.39, 0.29) is 0 Å². The SMILES string of the molecule is CCCCC(SC)SCC. The van der Waals surface area contributed by atoms with Crippen LogP contribution in [0.1, 0.15) is 33.1 Å². The van der Waals surface area contributed by atoms with E-state index in [1.54, 1.807) is 0 Å². The Bertz CT molecular complexity index is 64.3. The topological polar surface area (TPSA) is 0 Å². The van der Waals surface area contributed by atoms with Crippen LogP contribution in [0.4, 0.5) is 0 Å². The van der Waals surface area contributed by atoms with Gasteiger partial charge in [0.2, 0.25) is 0 Å². The zero-order valence-electron chi connectivity index (χ0n) is 7.22. The summed E-state index contributed by atoms with van der Waals surface area (Å²) in [5, 5.41) is 0. The van der Waals surface area contributed by atoms with Crippen molar-refractivity contribution in [2.24, 2.45) is 0 Å². The minimum atomic E-state index is 0.852. The second kappa shape index (κ2) is 7.80. The minimum Gasteiger partial charge on any atom is -0.151 e. The summed E-state index contributed by atoms with van der Waals surface area (Å²) >= 11 is 4.08. The maximum absolute atomic E-state index is 2.26. The molecule has 0 spiro atoms. The molecule has 0 saturated carbocycles. The Hall–Kier alpha value is 0.700. The highest BCUT2D eigenvalue weighted by Crippen LogP contribution is 2.25. The van der Waals surface area contributed by atoms with Gasteiger partial charge in [-0.05, 0) is 18.4 Å². The van der Waals surface area contributed by atoms with Crippen molar-refractivity contribution >= 4 is 23.5 Å². The van der Waals surface area contributed by atoms with Gasteiger partial charge in [0.1, 0.15) is 0 Å². The first-order valence-corrected chi connectivity index (χ1v) is 6.33. The molecule has 2 heteroatoms. The van der Waals surface area contributed by atoms with E-state index in [0.717, 1.165) is 4.58 Å². The highest BCUT2D eigenvalue weighted by Gasteiger charge is 2.03. The lowest BCUT2D eigenvalue weighted by Gasteiger charge is -2.11. The highest BCUT2D eigenvalue weighted by atomic mass is 32.2. The Morgan fingerprint density at radius 1 is 1.30 bits per heavy atom. The second-order valence-corrected chi connectivity index (χ2v) is 5.08. The average molecular weight is 178 g/mol. The smallest absolute Gasteiger partial charge is 0.0499 e. The van der Waals surface area contributed by atoms with Crippen LogP contribution in [0.5, 0.6) is 0 Å². The van der Waals surface area contributed by atoms with Gasteiger partial charge in [-0.15, -0.1) is 11.8 Å². The molecule has 0 radical (unpaired) electrons. The predicted molar refractivity (Wildman–Crippen MR) is 55.0 cm³/mol. The van der Waals surface area contributed by atoms with Gasteiger partial charge in [0.25, 0.3) is 0 Å². The van der Waals surface area contributed by atoms with Crippen LogP contribution in [-0.2, 0) is 0 Å². The van der Waals surface area contributed by atoms with Crippen molar-refractivity contribution in [2.75, 3.05) is 12.0 Å². The van der Waals surface area contributed by atoms with E-state index >= 15 is 0 Å². The third-order valence-electron chi connectivity index (χ3n) is 1.41. The maximum atomic E-state index is 2.26. The van der Waals surface area contributed by atoms with Crippen LogP contribution >= 0.6 is 23.5 Å². The lowest BCUT2D eigenvalue weighted by molar-refractivity contribution is 0.763. The van der Waals surface area contributed by atoms with Crippen LogP contribution < -0.4 is 0 Å². The molecular formula is C8H18S2. The molecule has 0 aliphatic heterocycles. The predicted octanol–water partition coefficient (Wildman–Crippen LogP) is 3.62. The molecule has 1 atom stereocenters. The fraction of sp³-hybridized carbons (Fsp3) is 1.00. The number of rotatable bonds is 6. The Morgan fingerprint density at radius 2 is 2.00 bits per heavy atom. The van der Waals surface area contributed by atoms with Crippen molar-refractivity contribution in [2.45, 2.75) is 37.7 Å². The van der Waals surface area contributed by atoms with Gasteiger partial charge in [-0.1, -0.05) is 26.7 Å². The molecule has 62 valence electrons.